The van der Waals surface area contributed by atoms with E-state index in [0.29, 0.717) is 19.1 Å². The second-order valence-corrected chi connectivity index (χ2v) is 7.21. The van der Waals surface area contributed by atoms with E-state index in [-0.39, 0.29) is 5.91 Å². The number of nitrogens with zero attached hydrogens (tertiary/aromatic N) is 3. The summed E-state index contributed by atoms with van der Waals surface area (Å²) in [6.07, 6.45) is 6.28. The zero-order valence-corrected chi connectivity index (χ0v) is 15.1. The Morgan fingerprint density at radius 1 is 1.26 bits per heavy atom. The summed E-state index contributed by atoms with van der Waals surface area (Å²) < 4.78 is 8.02. The lowest BCUT2D eigenvalue weighted by molar-refractivity contribution is -0.114. The number of pyridine rings is 1. The molecule has 3 aromatic rings. The number of anilines is 1. The van der Waals surface area contributed by atoms with Gasteiger partial charge in [0, 0.05) is 42.2 Å². The van der Waals surface area contributed by atoms with Crippen molar-refractivity contribution in [1.29, 1.82) is 0 Å². The van der Waals surface area contributed by atoms with Crippen molar-refractivity contribution in [2.75, 3.05) is 5.32 Å². The number of hydrogen-bond donors (Lipinski definition) is 1. The van der Waals surface area contributed by atoms with Crippen LogP contribution in [0.3, 0.4) is 0 Å². The molecule has 0 saturated heterocycles. The smallest absolute Gasteiger partial charge is 0.221 e. The molecule has 1 saturated carbocycles. The zero-order chi connectivity index (χ0) is 18.4. The number of carbonyl (C=O) groups is 1. The Hall–Kier alpha value is -3.15. The van der Waals surface area contributed by atoms with E-state index in [0.717, 1.165) is 28.4 Å². The molecule has 1 N–H and O–H groups in total. The van der Waals surface area contributed by atoms with Gasteiger partial charge in [-0.2, -0.15) is 5.10 Å². The van der Waals surface area contributed by atoms with Crippen molar-refractivity contribution in [1.82, 2.24) is 14.8 Å². The van der Waals surface area contributed by atoms with Crippen molar-refractivity contribution in [3.63, 3.8) is 0 Å². The number of fused-ring (bicyclic) bond motifs is 2. The van der Waals surface area contributed by atoms with Crippen molar-refractivity contribution >= 4 is 11.6 Å². The van der Waals surface area contributed by atoms with Gasteiger partial charge in [-0.15, -0.1) is 0 Å². The Morgan fingerprint density at radius 2 is 2.15 bits per heavy atom. The van der Waals surface area contributed by atoms with E-state index in [4.69, 9.17) is 9.84 Å². The molecule has 27 heavy (non-hydrogen) atoms. The molecule has 1 aromatic carbocycles. The highest BCUT2D eigenvalue weighted by atomic mass is 16.5. The third-order valence-corrected chi connectivity index (χ3v) is 5.09. The summed E-state index contributed by atoms with van der Waals surface area (Å²) in [6, 6.07) is 9.93. The molecule has 1 aliphatic carbocycles. The first-order valence-electron chi connectivity index (χ1n) is 9.22. The first-order chi connectivity index (χ1) is 13.2. The van der Waals surface area contributed by atoms with Crippen LogP contribution in [0.15, 0.2) is 42.7 Å². The molecule has 0 bridgehead atoms. The Morgan fingerprint density at radius 3 is 2.96 bits per heavy atom. The zero-order valence-electron chi connectivity index (χ0n) is 15.1. The van der Waals surface area contributed by atoms with Gasteiger partial charge < -0.3 is 10.1 Å². The number of carbonyl (C=O) groups excluding carboxylic acids is 1. The quantitative estimate of drug-likeness (QED) is 0.773. The molecule has 1 amide bonds. The lowest BCUT2D eigenvalue weighted by atomic mass is 10.0. The highest BCUT2D eigenvalue weighted by Crippen LogP contribution is 2.44. The van der Waals surface area contributed by atoms with Gasteiger partial charge in [-0.1, -0.05) is 6.07 Å². The first kappa shape index (κ1) is 16.1. The van der Waals surface area contributed by atoms with Crippen LogP contribution in [0.25, 0.3) is 11.3 Å². The summed E-state index contributed by atoms with van der Waals surface area (Å²) in [5.41, 5.74) is 6.29. The number of benzene rings is 1. The predicted octanol–water partition coefficient (Wildman–Crippen LogP) is 3.72. The molecule has 0 unspecified atom stereocenters. The molecule has 6 heteroatoms. The average Bonchev–Trinajstić information content (AvgIpc) is 3.45. The number of nitrogens with one attached hydrogen (secondary N) is 1. The number of ether oxygens (including phenoxy) is 1. The summed E-state index contributed by atoms with van der Waals surface area (Å²) in [7, 11) is 0. The van der Waals surface area contributed by atoms with Crippen LogP contribution in [0.2, 0.25) is 0 Å². The molecule has 6 nitrogen and oxygen atoms in total. The van der Waals surface area contributed by atoms with Gasteiger partial charge in [0.25, 0.3) is 0 Å². The maximum atomic E-state index is 11.3. The monoisotopic (exact) mass is 360 g/mol. The van der Waals surface area contributed by atoms with Crippen LogP contribution in [0, 0.1) is 0 Å². The van der Waals surface area contributed by atoms with E-state index >= 15 is 0 Å². The normalized spacial score (nSPS) is 15.3. The summed E-state index contributed by atoms with van der Waals surface area (Å²) in [5, 5.41) is 7.66. The Kier molecular flexibility index (Phi) is 3.70. The highest BCUT2D eigenvalue weighted by Gasteiger charge is 2.28. The number of amides is 1. The van der Waals surface area contributed by atoms with Gasteiger partial charge in [0.15, 0.2) is 0 Å². The Balaban J connectivity index is 1.47. The number of aromatic nitrogens is 3. The van der Waals surface area contributed by atoms with Crippen LogP contribution in [-0.4, -0.2) is 20.7 Å². The molecule has 5 rings (SSSR count). The molecule has 2 aromatic heterocycles. The largest absolute Gasteiger partial charge is 0.487 e. The van der Waals surface area contributed by atoms with Gasteiger partial charge in [-0.3, -0.25) is 14.5 Å². The van der Waals surface area contributed by atoms with Gasteiger partial charge in [0.1, 0.15) is 12.4 Å². The van der Waals surface area contributed by atoms with Crippen LogP contribution < -0.4 is 10.1 Å². The maximum absolute atomic E-state index is 11.3. The second-order valence-electron chi connectivity index (χ2n) is 7.21. The summed E-state index contributed by atoms with van der Waals surface area (Å²) >= 11 is 0. The number of hydrogen-bond acceptors (Lipinski definition) is 4. The summed E-state index contributed by atoms with van der Waals surface area (Å²) in [5.74, 6) is 1.32. The standard InChI is InChI=1S/C21H20N4O2/c1-13(26)23-16-5-4-15-11-25-17(12-27-21(15)8-16)9-20(24-25)18-6-7-22-10-19(18)14-2-3-14/h4-10,14H,2-3,11-12H2,1H3,(H,23,26). The average molecular weight is 360 g/mol. The van der Waals surface area contributed by atoms with Gasteiger partial charge >= 0.3 is 0 Å². The maximum Gasteiger partial charge on any atom is 0.221 e. The molecular weight excluding hydrogens is 340 g/mol. The third-order valence-electron chi connectivity index (χ3n) is 5.09. The number of rotatable bonds is 3. The van der Waals surface area contributed by atoms with Crippen LogP contribution in [0.5, 0.6) is 5.75 Å². The van der Waals surface area contributed by atoms with Crippen LogP contribution >= 0.6 is 0 Å². The minimum atomic E-state index is -0.0926. The highest BCUT2D eigenvalue weighted by molar-refractivity contribution is 5.88. The van der Waals surface area contributed by atoms with E-state index in [1.165, 1.54) is 30.9 Å². The van der Waals surface area contributed by atoms with Crippen molar-refractivity contribution in [3.05, 3.63) is 59.5 Å². The van der Waals surface area contributed by atoms with E-state index in [1.807, 2.05) is 35.3 Å². The van der Waals surface area contributed by atoms with Crippen molar-refractivity contribution in [2.45, 2.75) is 38.8 Å². The molecule has 0 radical (unpaired) electrons. The molecule has 136 valence electrons. The summed E-state index contributed by atoms with van der Waals surface area (Å²) in [4.78, 5) is 15.6. The minimum Gasteiger partial charge on any atom is -0.487 e. The third kappa shape index (κ3) is 3.07. The lowest BCUT2D eigenvalue weighted by Crippen LogP contribution is -2.06. The Bertz CT molecular complexity index is 1040. The predicted molar refractivity (Wildman–Crippen MR) is 102 cm³/mol. The Labute approximate surface area is 157 Å². The van der Waals surface area contributed by atoms with E-state index < -0.39 is 0 Å². The fourth-order valence-corrected chi connectivity index (χ4v) is 3.61. The second kappa shape index (κ2) is 6.23. The molecule has 1 fully saturated rings. The van der Waals surface area contributed by atoms with E-state index in [1.54, 1.807) is 0 Å². The molecule has 3 heterocycles. The van der Waals surface area contributed by atoms with E-state index in [9.17, 15) is 4.79 Å². The van der Waals surface area contributed by atoms with Gasteiger partial charge in [0.05, 0.1) is 17.9 Å². The van der Waals surface area contributed by atoms with Crippen molar-refractivity contribution in [2.24, 2.45) is 0 Å². The SMILES string of the molecule is CC(=O)Nc1ccc2c(c1)OCc1cc(-c3ccncc3C3CC3)nn1C2. The lowest BCUT2D eigenvalue weighted by Gasteiger charge is -2.10. The van der Waals surface area contributed by atoms with Crippen molar-refractivity contribution in [3.8, 4) is 17.0 Å². The van der Waals surface area contributed by atoms with Crippen LogP contribution in [0.1, 0.15) is 42.5 Å². The molecule has 0 atom stereocenters. The van der Waals surface area contributed by atoms with Gasteiger partial charge in [-0.25, -0.2) is 0 Å². The first-order valence-corrected chi connectivity index (χ1v) is 9.22. The van der Waals surface area contributed by atoms with E-state index in [2.05, 4.69) is 22.4 Å². The fraction of sp³-hybridized carbons (Fsp3) is 0.286. The molecule has 1 aliphatic heterocycles. The molecule has 0 spiro atoms. The van der Waals surface area contributed by atoms with Gasteiger partial charge in [0.2, 0.25) is 5.91 Å². The topological polar surface area (TPSA) is 69.0 Å². The summed E-state index contributed by atoms with van der Waals surface area (Å²) in [6.45, 7) is 2.60. The molecular formula is C21H20N4O2. The molecule has 2 aliphatic rings. The van der Waals surface area contributed by atoms with Crippen LogP contribution in [0.4, 0.5) is 5.69 Å². The van der Waals surface area contributed by atoms with Crippen molar-refractivity contribution < 1.29 is 9.53 Å². The van der Waals surface area contributed by atoms with Crippen LogP contribution in [-0.2, 0) is 17.9 Å². The minimum absolute atomic E-state index is 0.0926. The van der Waals surface area contributed by atoms with Gasteiger partial charge in [-0.05, 0) is 42.5 Å². The fourth-order valence-electron chi connectivity index (χ4n) is 3.61.